The molecule has 0 aromatic carbocycles. The minimum Gasteiger partial charge on any atom is -0.395 e. The van der Waals surface area contributed by atoms with Gasteiger partial charge in [0.2, 0.25) is 5.91 Å². The van der Waals surface area contributed by atoms with E-state index >= 15 is 0 Å². The molecule has 3 rings (SSSR count). The van der Waals surface area contributed by atoms with Crippen molar-refractivity contribution in [3.8, 4) is 0 Å². The molecule has 20 heavy (non-hydrogen) atoms. The summed E-state index contributed by atoms with van der Waals surface area (Å²) in [5.41, 5.74) is 1.24. The van der Waals surface area contributed by atoms with Crippen LogP contribution in [0, 0.1) is 0 Å². The molecule has 110 valence electrons. The van der Waals surface area contributed by atoms with Gasteiger partial charge >= 0.3 is 0 Å². The third kappa shape index (κ3) is 2.88. The van der Waals surface area contributed by atoms with Crippen LogP contribution in [0.1, 0.15) is 15.7 Å². The zero-order valence-electron chi connectivity index (χ0n) is 11.5. The van der Waals surface area contributed by atoms with Crippen molar-refractivity contribution in [2.24, 2.45) is 0 Å². The van der Waals surface area contributed by atoms with E-state index in [0.29, 0.717) is 0 Å². The molecule has 4 nitrogen and oxygen atoms in total. The Kier molecular flexibility index (Phi) is 4.65. The van der Waals surface area contributed by atoms with Gasteiger partial charge in [0.1, 0.15) is 5.25 Å². The van der Waals surface area contributed by atoms with E-state index in [4.69, 9.17) is 5.11 Å². The van der Waals surface area contributed by atoms with E-state index in [2.05, 4.69) is 16.3 Å². The van der Waals surface area contributed by atoms with Gasteiger partial charge in [0, 0.05) is 37.6 Å². The fraction of sp³-hybridized carbons (Fsp3) is 0.643. The van der Waals surface area contributed by atoms with Gasteiger partial charge in [-0.2, -0.15) is 0 Å². The Labute approximate surface area is 127 Å². The average molecular weight is 312 g/mol. The summed E-state index contributed by atoms with van der Waals surface area (Å²) in [6.07, 6.45) is 1.10. The number of fused-ring (bicyclic) bond motifs is 1. The van der Waals surface area contributed by atoms with Gasteiger partial charge in [0.05, 0.1) is 6.61 Å². The van der Waals surface area contributed by atoms with E-state index in [9.17, 15) is 4.79 Å². The van der Waals surface area contributed by atoms with Crippen molar-refractivity contribution in [1.82, 2.24) is 9.80 Å². The minimum absolute atomic E-state index is 0.00870. The lowest BCUT2D eigenvalue weighted by Gasteiger charge is -2.36. The van der Waals surface area contributed by atoms with E-state index in [-0.39, 0.29) is 17.8 Å². The number of thiophene rings is 1. The normalized spacial score (nSPS) is 23.6. The van der Waals surface area contributed by atoms with Crippen molar-refractivity contribution >= 4 is 29.0 Å². The fourth-order valence-corrected chi connectivity index (χ4v) is 5.22. The number of carbonyl (C=O) groups is 1. The number of hydrogen-bond acceptors (Lipinski definition) is 5. The van der Waals surface area contributed by atoms with Gasteiger partial charge in [-0.1, -0.05) is 0 Å². The molecule has 1 amide bonds. The molecule has 0 aliphatic carbocycles. The molecule has 1 N–H and O–H groups in total. The zero-order chi connectivity index (χ0) is 13.9. The summed E-state index contributed by atoms with van der Waals surface area (Å²) in [5.74, 6) is 1.33. The van der Waals surface area contributed by atoms with Gasteiger partial charge in [-0.05, 0) is 29.2 Å². The maximum atomic E-state index is 12.7. The van der Waals surface area contributed by atoms with Crippen LogP contribution in [-0.2, 0) is 11.2 Å². The van der Waals surface area contributed by atoms with Crippen molar-refractivity contribution < 1.29 is 9.90 Å². The number of hydrogen-bond donors (Lipinski definition) is 1. The van der Waals surface area contributed by atoms with E-state index in [1.165, 1.54) is 10.4 Å². The number of carbonyl (C=O) groups excluding carboxylic acids is 1. The van der Waals surface area contributed by atoms with Crippen molar-refractivity contribution in [1.29, 1.82) is 0 Å². The largest absolute Gasteiger partial charge is 0.395 e. The topological polar surface area (TPSA) is 43.8 Å². The average Bonchev–Trinajstić information content (AvgIpc) is 2.96. The highest BCUT2D eigenvalue weighted by Crippen LogP contribution is 2.40. The van der Waals surface area contributed by atoms with Gasteiger partial charge in [-0.25, -0.2) is 0 Å². The SMILES string of the molecule is O=C([C@H]1SCCc2sccc21)N1CCN(CCO)CC1. The van der Waals surface area contributed by atoms with Gasteiger partial charge in [-0.3, -0.25) is 9.69 Å². The summed E-state index contributed by atoms with van der Waals surface area (Å²) < 4.78 is 0. The molecular formula is C14H20N2O2S2. The number of thioether (sulfide) groups is 1. The summed E-state index contributed by atoms with van der Waals surface area (Å²) in [4.78, 5) is 18.3. The highest BCUT2D eigenvalue weighted by atomic mass is 32.2. The molecule has 1 aromatic heterocycles. The number of amides is 1. The number of β-amino-alcohol motifs (C(OH)–C–C–N with tert-alkyl or cyclic N) is 1. The molecular weight excluding hydrogens is 292 g/mol. The maximum absolute atomic E-state index is 12.7. The molecule has 6 heteroatoms. The third-order valence-corrected chi connectivity index (χ3v) is 6.23. The lowest BCUT2D eigenvalue weighted by molar-refractivity contribution is -0.132. The van der Waals surface area contributed by atoms with Gasteiger partial charge in [0.15, 0.2) is 0 Å². The monoisotopic (exact) mass is 312 g/mol. The molecule has 2 aliphatic rings. The van der Waals surface area contributed by atoms with Crippen LogP contribution < -0.4 is 0 Å². The maximum Gasteiger partial charge on any atom is 0.240 e. The van der Waals surface area contributed by atoms with Gasteiger partial charge < -0.3 is 10.0 Å². The lowest BCUT2D eigenvalue weighted by Crippen LogP contribution is -2.50. The van der Waals surface area contributed by atoms with E-state index in [1.54, 1.807) is 23.1 Å². The van der Waals surface area contributed by atoms with Crippen LogP contribution in [0.15, 0.2) is 11.4 Å². The predicted octanol–water partition coefficient (Wildman–Crippen LogP) is 1.22. The lowest BCUT2D eigenvalue weighted by atomic mass is 10.1. The minimum atomic E-state index is 0.00870. The van der Waals surface area contributed by atoms with Crippen LogP contribution in [-0.4, -0.2) is 65.9 Å². The number of aliphatic hydroxyl groups is 1. The molecule has 1 atom stereocenters. The number of rotatable bonds is 3. The molecule has 0 radical (unpaired) electrons. The molecule has 3 heterocycles. The van der Waals surface area contributed by atoms with Gasteiger partial charge in [0.25, 0.3) is 0 Å². The van der Waals surface area contributed by atoms with Crippen LogP contribution in [0.3, 0.4) is 0 Å². The smallest absolute Gasteiger partial charge is 0.240 e. The summed E-state index contributed by atoms with van der Waals surface area (Å²) in [5, 5.41) is 11.1. The quantitative estimate of drug-likeness (QED) is 0.911. The van der Waals surface area contributed by atoms with E-state index < -0.39 is 0 Å². The first kappa shape index (κ1) is 14.4. The number of piperazine rings is 1. The number of aryl methyl sites for hydroxylation is 1. The first-order valence-electron chi connectivity index (χ1n) is 7.09. The van der Waals surface area contributed by atoms with Crippen molar-refractivity contribution in [2.45, 2.75) is 11.7 Å². The standard InChI is InChI=1S/C14H20N2O2S2/c17-8-7-15-3-5-16(6-4-15)14(18)13-11-1-9-19-12(11)2-10-20-13/h1,9,13,17H,2-8,10H2/t13-/m0/s1. The van der Waals surface area contributed by atoms with Crippen LogP contribution in [0.5, 0.6) is 0 Å². The summed E-state index contributed by atoms with van der Waals surface area (Å²) in [6, 6.07) is 2.12. The molecule has 1 aromatic rings. The molecule has 2 aliphatic heterocycles. The van der Waals surface area contributed by atoms with Crippen molar-refractivity contribution in [2.75, 3.05) is 45.1 Å². The van der Waals surface area contributed by atoms with Crippen LogP contribution in [0.25, 0.3) is 0 Å². The second kappa shape index (κ2) is 6.47. The number of nitrogens with zero attached hydrogens (tertiary/aromatic N) is 2. The third-order valence-electron chi connectivity index (χ3n) is 4.00. The summed E-state index contributed by atoms with van der Waals surface area (Å²) >= 11 is 3.57. The molecule has 0 spiro atoms. The Bertz CT molecular complexity index is 469. The molecule has 1 fully saturated rings. The predicted molar refractivity (Wildman–Crippen MR) is 83.3 cm³/mol. The Morgan fingerprint density at radius 1 is 1.35 bits per heavy atom. The number of aliphatic hydroxyl groups excluding tert-OH is 1. The Hall–Kier alpha value is -0.560. The summed E-state index contributed by atoms with van der Waals surface area (Å²) in [7, 11) is 0. The van der Waals surface area contributed by atoms with Crippen LogP contribution >= 0.6 is 23.1 Å². The second-order valence-corrected chi connectivity index (χ2v) is 7.40. The fourth-order valence-electron chi connectivity index (χ4n) is 2.85. The van der Waals surface area contributed by atoms with Crippen LogP contribution in [0.2, 0.25) is 0 Å². The first-order chi connectivity index (χ1) is 9.79. The van der Waals surface area contributed by atoms with E-state index in [0.717, 1.165) is 44.9 Å². The Morgan fingerprint density at radius 2 is 2.15 bits per heavy atom. The molecule has 0 saturated carbocycles. The molecule has 0 unspecified atom stereocenters. The molecule has 1 saturated heterocycles. The zero-order valence-corrected chi connectivity index (χ0v) is 13.1. The van der Waals surface area contributed by atoms with Gasteiger partial charge in [-0.15, -0.1) is 23.1 Å². The molecule has 0 bridgehead atoms. The van der Waals surface area contributed by atoms with Crippen molar-refractivity contribution in [3.63, 3.8) is 0 Å². The first-order valence-corrected chi connectivity index (χ1v) is 9.02. The Balaban J connectivity index is 1.64. The van der Waals surface area contributed by atoms with Crippen molar-refractivity contribution in [3.05, 3.63) is 21.9 Å². The second-order valence-electron chi connectivity index (χ2n) is 5.19. The highest BCUT2D eigenvalue weighted by Gasteiger charge is 2.32. The summed E-state index contributed by atoms with van der Waals surface area (Å²) in [6.45, 7) is 4.24. The van der Waals surface area contributed by atoms with E-state index in [1.807, 2.05) is 4.90 Å². The Morgan fingerprint density at radius 3 is 2.90 bits per heavy atom. The highest BCUT2D eigenvalue weighted by molar-refractivity contribution is 8.00. The van der Waals surface area contributed by atoms with Crippen LogP contribution in [0.4, 0.5) is 0 Å².